The quantitative estimate of drug-likeness (QED) is 0.741. The van der Waals surface area contributed by atoms with Crippen LogP contribution in [0.5, 0.6) is 0 Å². The molecule has 0 fully saturated rings. The lowest BCUT2D eigenvalue weighted by molar-refractivity contribution is 1.10. The van der Waals surface area contributed by atoms with Crippen molar-refractivity contribution in [2.75, 3.05) is 0 Å². The zero-order chi connectivity index (χ0) is 9.64. The third kappa shape index (κ3) is 2.68. The average molecular weight is 222 g/mol. The van der Waals surface area contributed by atoms with Gasteiger partial charge in [0, 0.05) is 24.8 Å². The van der Waals surface area contributed by atoms with Gasteiger partial charge in [-0.1, -0.05) is 0 Å². The molecule has 0 aliphatic rings. The van der Waals surface area contributed by atoms with E-state index in [2.05, 4.69) is 19.9 Å². The van der Waals surface area contributed by atoms with E-state index in [1.54, 1.807) is 46.4 Å². The van der Waals surface area contributed by atoms with Crippen molar-refractivity contribution in [2.45, 2.75) is 9.79 Å². The molecule has 2 heterocycles. The molecule has 0 aliphatic carbocycles. The number of rotatable bonds is 3. The minimum atomic E-state index is 1.02. The lowest BCUT2D eigenvalue weighted by atomic mass is 10.7. The van der Waals surface area contributed by atoms with Gasteiger partial charge in [0.2, 0.25) is 0 Å². The Kier molecular flexibility index (Phi) is 3.31. The minimum absolute atomic E-state index is 1.02. The summed E-state index contributed by atoms with van der Waals surface area (Å²) in [6.07, 6.45) is 10.1. The van der Waals surface area contributed by atoms with Crippen molar-refractivity contribution < 1.29 is 0 Å². The minimum Gasteiger partial charge on any atom is -0.244 e. The Morgan fingerprint density at radius 1 is 0.643 bits per heavy atom. The summed E-state index contributed by atoms with van der Waals surface area (Å²) in [5, 5.41) is 0. The van der Waals surface area contributed by atoms with Crippen LogP contribution in [0.1, 0.15) is 0 Å². The van der Waals surface area contributed by atoms with E-state index < -0.39 is 0 Å². The van der Waals surface area contributed by atoms with Crippen LogP contribution >= 0.6 is 21.6 Å². The molecule has 0 radical (unpaired) electrons. The monoisotopic (exact) mass is 222 g/mol. The van der Waals surface area contributed by atoms with Gasteiger partial charge in [-0.25, -0.2) is 19.9 Å². The van der Waals surface area contributed by atoms with E-state index >= 15 is 0 Å². The highest BCUT2D eigenvalue weighted by atomic mass is 33.1. The third-order valence-corrected chi connectivity index (χ3v) is 3.60. The molecule has 0 N–H and O–H groups in total. The molecule has 14 heavy (non-hydrogen) atoms. The molecule has 70 valence electrons. The molecule has 2 aromatic rings. The van der Waals surface area contributed by atoms with Crippen molar-refractivity contribution in [1.82, 2.24) is 19.9 Å². The number of nitrogens with zero attached hydrogens (tertiary/aromatic N) is 4. The van der Waals surface area contributed by atoms with Crippen molar-refractivity contribution in [1.29, 1.82) is 0 Å². The first-order valence-electron chi connectivity index (χ1n) is 3.80. The van der Waals surface area contributed by atoms with Crippen LogP contribution in [-0.4, -0.2) is 19.9 Å². The van der Waals surface area contributed by atoms with E-state index in [1.165, 1.54) is 12.7 Å². The fourth-order valence-electron chi connectivity index (χ4n) is 0.753. The van der Waals surface area contributed by atoms with Crippen molar-refractivity contribution in [3.8, 4) is 0 Å². The molecule has 6 heteroatoms. The smallest absolute Gasteiger partial charge is 0.115 e. The van der Waals surface area contributed by atoms with Gasteiger partial charge in [0.25, 0.3) is 0 Å². The Morgan fingerprint density at radius 2 is 1.00 bits per heavy atom. The second-order valence-electron chi connectivity index (χ2n) is 2.32. The molecular formula is C8H6N4S2. The molecule has 0 aliphatic heterocycles. The molecular weight excluding hydrogens is 216 g/mol. The number of aromatic nitrogens is 4. The molecule has 0 atom stereocenters. The average Bonchev–Trinajstić information content (AvgIpc) is 2.29. The van der Waals surface area contributed by atoms with Crippen molar-refractivity contribution in [3.05, 3.63) is 37.4 Å². The van der Waals surface area contributed by atoms with Gasteiger partial charge >= 0.3 is 0 Å². The first kappa shape index (κ1) is 9.42. The largest absolute Gasteiger partial charge is 0.244 e. The van der Waals surface area contributed by atoms with Crippen LogP contribution in [0.3, 0.4) is 0 Å². The van der Waals surface area contributed by atoms with Crippen molar-refractivity contribution >= 4 is 21.6 Å². The first-order valence-corrected chi connectivity index (χ1v) is 5.95. The summed E-state index contributed by atoms with van der Waals surface area (Å²) in [6.45, 7) is 0. The highest BCUT2D eigenvalue weighted by molar-refractivity contribution is 8.76. The number of hydrogen-bond acceptors (Lipinski definition) is 6. The molecule has 0 bridgehead atoms. The summed E-state index contributed by atoms with van der Waals surface area (Å²) in [5.74, 6) is 0. The fraction of sp³-hybridized carbons (Fsp3) is 0. The Balaban J connectivity index is 1.96. The van der Waals surface area contributed by atoms with Crippen LogP contribution in [-0.2, 0) is 0 Å². The SMILES string of the molecule is c1ncc(SSc2cncnc2)cn1. The lowest BCUT2D eigenvalue weighted by Gasteiger charge is -1.97. The second-order valence-corrected chi connectivity index (χ2v) is 4.59. The summed E-state index contributed by atoms with van der Waals surface area (Å²) in [6, 6.07) is 0. The molecule has 0 amide bonds. The van der Waals surface area contributed by atoms with Crippen molar-refractivity contribution in [3.63, 3.8) is 0 Å². The normalized spacial score (nSPS) is 10.0. The molecule has 0 spiro atoms. The zero-order valence-electron chi connectivity index (χ0n) is 7.07. The maximum atomic E-state index is 3.92. The Labute approximate surface area is 89.0 Å². The Bertz CT molecular complexity index is 342. The van der Waals surface area contributed by atoms with Gasteiger partial charge in [-0.05, 0) is 21.6 Å². The third-order valence-electron chi connectivity index (χ3n) is 1.31. The van der Waals surface area contributed by atoms with Crippen LogP contribution in [0.25, 0.3) is 0 Å². The second kappa shape index (κ2) is 4.92. The maximum absolute atomic E-state index is 3.92. The summed E-state index contributed by atoms with van der Waals surface area (Å²) in [5.41, 5.74) is 0. The highest BCUT2D eigenvalue weighted by Gasteiger charge is 1.97. The van der Waals surface area contributed by atoms with Crippen LogP contribution in [0.15, 0.2) is 47.2 Å². The van der Waals surface area contributed by atoms with Gasteiger partial charge in [0.05, 0.1) is 9.79 Å². The van der Waals surface area contributed by atoms with Gasteiger partial charge in [-0.15, -0.1) is 0 Å². The van der Waals surface area contributed by atoms with Gasteiger partial charge in [0.1, 0.15) is 12.7 Å². The molecule has 2 aromatic heterocycles. The molecule has 0 aromatic carbocycles. The van der Waals surface area contributed by atoms with Gasteiger partial charge in [0.15, 0.2) is 0 Å². The zero-order valence-corrected chi connectivity index (χ0v) is 8.70. The van der Waals surface area contributed by atoms with Gasteiger partial charge in [-0.3, -0.25) is 0 Å². The Hall–Kier alpha value is -1.14. The van der Waals surface area contributed by atoms with Gasteiger partial charge in [-0.2, -0.15) is 0 Å². The summed E-state index contributed by atoms with van der Waals surface area (Å²) >= 11 is 0. The van der Waals surface area contributed by atoms with E-state index in [0.29, 0.717) is 0 Å². The summed E-state index contributed by atoms with van der Waals surface area (Å²) in [7, 11) is 3.17. The standard InChI is InChI=1S/C8H6N4S2/c1-7(2-10-5-9-1)13-14-8-3-11-6-12-4-8/h1-6H. The predicted molar refractivity (Wildman–Crippen MR) is 55.8 cm³/mol. The lowest BCUT2D eigenvalue weighted by Crippen LogP contribution is -1.77. The van der Waals surface area contributed by atoms with E-state index in [-0.39, 0.29) is 0 Å². The highest BCUT2D eigenvalue weighted by Crippen LogP contribution is 2.35. The maximum Gasteiger partial charge on any atom is 0.115 e. The van der Waals surface area contributed by atoms with Crippen LogP contribution in [0, 0.1) is 0 Å². The summed E-state index contributed by atoms with van der Waals surface area (Å²) < 4.78 is 0. The van der Waals surface area contributed by atoms with Crippen molar-refractivity contribution in [2.24, 2.45) is 0 Å². The van der Waals surface area contributed by atoms with Gasteiger partial charge < -0.3 is 0 Å². The molecule has 0 unspecified atom stereocenters. The first-order chi connectivity index (χ1) is 6.95. The Morgan fingerprint density at radius 3 is 1.36 bits per heavy atom. The molecule has 0 saturated carbocycles. The predicted octanol–water partition coefficient (Wildman–Crippen LogP) is 2.07. The van der Waals surface area contributed by atoms with E-state index in [4.69, 9.17) is 0 Å². The summed E-state index contributed by atoms with van der Waals surface area (Å²) in [4.78, 5) is 17.7. The van der Waals surface area contributed by atoms with Crippen LogP contribution in [0.4, 0.5) is 0 Å². The fourth-order valence-corrected chi connectivity index (χ4v) is 2.45. The molecule has 2 rings (SSSR count). The molecule has 4 nitrogen and oxygen atoms in total. The van der Waals surface area contributed by atoms with Crippen LogP contribution < -0.4 is 0 Å². The van der Waals surface area contributed by atoms with E-state index in [0.717, 1.165) is 9.79 Å². The topological polar surface area (TPSA) is 51.6 Å². The van der Waals surface area contributed by atoms with Crippen LogP contribution in [0.2, 0.25) is 0 Å². The molecule has 0 saturated heterocycles. The van der Waals surface area contributed by atoms with E-state index in [1.807, 2.05) is 0 Å². The van der Waals surface area contributed by atoms with E-state index in [9.17, 15) is 0 Å². The number of hydrogen-bond donors (Lipinski definition) is 0.